The molecule has 2 atom stereocenters. The number of hydrogen-bond acceptors (Lipinski definition) is 5. The predicted octanol–water partition coefficient (Wildman–Crippen LogP) is 2.47. The molecule has 0 amide bonds. The van der Waals surface area contributed by atoms with Crippen LogP contribution in [0.2, 0.25) is 0 Å². The molecule has 21 heavy (non-hydrogen) atoms. The van der Waals surface area contributed by atoms with Gasteiger partial charge in [-0.3, -0.25) is 0 Å². The fraction of sp³-hybridized carbons (Fsp3) is 0.733. The van der Waals surface area contributed by atoms with Gasteiger partial charge in [0.1, 0.15) is 0 Å². The first-order valence-electron chi connectivity index (χ1n) is 7.92. The summed E-state index contributed by atoms with van der Waals surface area (Å²) < 4.78 is 13.9. The average Bonchev–Trinajstić information content (AvgIpc) is 2.44. The molecular formula is C15H24FN5. The highest BCUT2D eigenvalue weighted by atomic mass is 19.1. The van der Waals surface area contributed by atoms with Gasteiger partial charge in [-0.25, -0.2) is 9.37 Å². The molecule has 2 saturated heterocycles. The minimum Gasteiger partial charge on any atom is -0.365 e. The van der Waals surface area contributed by atoms with Gasteiger partial charge in [0.25, 0.3) is 0 Å². The van der Waals surface area contributed by atoms with Crippen LogP contribution >= 0.6 is 0 Å². The highest BCUT2D eigenvalue weighted by Crippen LogP contribution is 2.33. The smallest absolute Gasteiger partial charge is 0.224 e. The number of fused-ring (bicyclic) bond motifs is 2. The fourth-order valence-electron chi connectivity index (χ4n) is 3.64. The van der Waals surface area contributed by atoms with Gasteiger partial charge in [-0.15, -0.1) is 0 Å². The van der Waals surface area contributed by atoms with Crippen molar-refractivity contribution < 1.29 is 4.39 Å². The first kappa shape index (κ1) is 14.5. The summed E-state index contributed by atoms with van der Waals surface area (Å²) in [6.45, 7) is 2.70. The number of halogens is 1. The molecule has 2 N–H and O–H groups in total. The van der Waals surface area contributed by atoms with E-state index in [0.717, 1.165) is 19.4 Å². The Balaban J connectivity index is 1.70. The van der Waals surface area contributed by atoms with Crippen molar-refractivity contribution in [1.82, 2.24) is 14.9 Å². The quantitative estimate of drug-likeness (QED) is 0.893. The molecule has 116 valence electrons. The maximum atomic E-state index is 13.9. The van der Waals surface area contributed by atoms with Crippen molar-refractivity contribution in [3.8, 4) is 0 Å². The van der Waals surface area contributed by atoms with Gasteiger partial charge in [-0.1, -0.05) is 6.42 Å². The first-order chi connectivity index (χ1) is 10.2. The minimum atomic E-state index is -0.374. The molecule has 0 aliphatic carbocycles. The maximum absolute atomic E-state index is 13.9. The molecule has 3 heterocycles. The Morgan fingerprint density at radius 2 is 2.05 bits per heavy atom. The van der Waals surface area contributed by atoms with Crippen molar-refractivity contribution in [2.24, 2.45) is 0 Å². The van der Waals surface area contributed by atoms with Gasteiger partial charge in [0, 0.05) is 24.7 Å². The molecule has 0 spiro atoms. The van der Waals surface area contributed by atoms with Crippen LogP contribution in [-0.2, 0) is 0 Å². The Hall–Kier alpha value is -1.43. The predicted molar refractivity (Wildman–Crippen MR) is 82.0 cm³/mol. The third-order valence-electron chi connectivity index (χ3n) is 4.76. The number of rotatable bonds is 4. The fourth-order valence-corrected chi connectivity index (χ4v) is 3.64. The zero-order valence-corrected chi connectivity index (χ0v) is 12.8. The first-order valence-corrected chi connectivity index (χ1v) is 7.92. The monoisotopic (exact) mass is 293 g/mol. The lowest BCUT2D eigenvalue weighted by atomic mass is 9.82. The summed E-state index contributed by atoms with van der Waals surface area (Å²) in [5.74, 6) is 0.434. The Labute approximate surface area is 125 Å². The summed E-state index contributed by atoms with van der Waals surface area (Å²) in [5.41, 5.74) is 0. The van der Waals surface area contributed by atoms with Crippen LogP contribution in [0.1, 0.15) is 39.0 Å². The van der Waals surface area contributed by atoms with E-state index in [9.17, 15) is 4.39 Å². The number of nitrogens with zero attached hydrogens (tertiary/aromatic N) is 3. The van der Waals surface area contributed by atoms with Crippen LogP contribution in [0.3, 0.4) is 0 Å². The summed E-state index contributed by atoms with van der Waals surface area (Å²) in [6, 6.07) is 1.54. The van der Waals surface area contributed by atoms with Crippen LogP contribution in [0.25, 0.3) is 0 Å². The second-order valence-electron chi connectivity index (χ2n) is 6.14. The molecule has 2 bridgehead atoms. The van der Waals surface area contributed by atoms with Crippen molar-refractivity contribution in [3.05, 3.63) is 12.0 Å². The molecule has 0 saturated carbocycles. The Bertz CT molecular complexity index is 481. The molecule has 0 radical (unpaired) electrons. The normalized spacial score (nSPS) is 29.2. The van der Waals surface area contributed by atoms with Crippen LogP contribution in [0.15, 0.2) is 6.20 Å². The lowest BCUT2D eigenvalue weighted by molar-refractivity contribution is 0.0607. The van der Waals surface area contributed by atoms with Crippen LogP contribution in [0.5, 0.6) is 0 Å². The molecule has 6 heteroatoms. The van der Waals surface area contributed by atoms with E-state index in [-0.39, 0.29) is 5.82 Å². The number of piperidine rings is 2. The van der Waals surface area contributed by atoms with Crippen LogP contribution < -0.4 is 10.6 Å². The number of anilines is 2. The van der Waals surface area contributed by atoms with E-state index < -0.39 is 0 Å². The van der Waals surface area contributed by atoms with E-state index in [1.165, 1.54) is 25.5 Å². The number of nitrogens with one attached hydrogen (secondary N) is 2. The maximum Gasteiger partial charge on any atom is 0.224 e. The van der Waals surface area contributed by atoms with Gasteiger partial charge in [-0.2, -0.15) is 4.98 Å². The SMILES string of the molecule is CCNc1ncc(F)c(NC2CC3CCCC(C2)N3C)n1. The molecule has 1 aromatic rings. The minimum absolute atomic E-state index is 0.301. The van der Waals surface area contributed by atoms with Crippen molar-refractivity contribution in [2.45, 2.75) is 57.2 Å². The van der Waals surface area contributed by atoms with Crippen LogP contribution in [-0.4, -0.2) is 46.6 Å². The zero-order valence-electron chi connectivity index (χ0n) is 12.8. The van der Waals surface area contributed by atoms with Crippen molar-refractivity contribution >= 4 is 11.8 Å². The zero-order chi connectivity index (χ0) is 14.8. The molecular weight excluding hydrogens is 269 g/mol. The van der Waals surface area contributed by atoms with Gasteiger partial charge in [0.05, 0.1) is 6.20 Å². The molecule has 2 aliphatic rings. The second kappa shape index (κ2) is 6.13. The highest BCUT2D eigenvalue weighted by Gasteiger charge is 2.36. The van der Waals surface area contributed by atoms with Gasteiger partial charge in [0.2, 0.25) is 5.95 Å². The molecule has 2 fully saturated rings. The molecule has 5 nitrogen and oxygen atoms in total. The Morgan fingerprint density at radius 1 is 1.33 bits per heavy atom. The summed E-state index contributed by atoms with van der Waals surface area (Å²) in [6.07, 6.45) is 7.18. The van der Waals surface area contributed by atoms with E-state index in [1.54, 1.807) is 0 Å². The van der Waals surface area contributed by atoms with Crippen molar-refractivity contribution in [3.63, 3.8) is 0 Å². The van der Waals surface area contributed by atoms with Gasteiger partial charge >= 0.3 is 0 Å². The topological polar surface area (TPSA) is 53.1 Å². The molecule has 1 aromatic heterocycles. The summed E-state index contributed by atoms with van der Waals surface area (Å²) >= 11 is 0. The third kappa shape index (κ3) is 3.10. The number of hydrogen-bond donors (Lipinski definition) is 2. The van der Waals surface area contributed by atoms with Crippen LogP contribution in [0, 0.1) is 5.82 Å². The largest absolute Gasteiger partial charge is 0.365 e. The summed E-state index contributed by atoms with van der Waals surface area (Å²) in [5, 5.41) is 6.33. The molecule has 2 unspecified atom stereocenters. The van der Waals surface area contributed by atoms with Crippen LogP contribution in [0.4, 0.5) is 16.2 Å². The highest BCUT2D eigenvalue weighted by molar-refractivity contribution is 5.42. The van der Waals surface area contributed by atoms with Crippen molar-refractivity contribution in [2.75, 3.05) is 24.2 Å². The van der Waals surface area contributed by atoms with Crippen molar-refractivity contribution in [1.29, 1.82) is 0 Å². The average molecular weight is 293 g/mol. The molecule has 2 aliphatic heterocycles. The van der Waals surface area contributed by atoms with Gasteiger partial charge in [0.15, 0.2) is 11.6 Å². The number of aromatic nitrogens is 2. The summed E-state index contributed by atoms with van der Waals surface area (Å²) in [7, 11) is 2.22. The Kier molecular flexibility index (Phi) is 4.24. The molecule has 3 rings (SSSR count). The van der Waals surface area contributed by atoms with E-state index in [2.05, 4.69) is 32.5 Å². The third-order valence-corrected chi connectivity index (χ3v) is 4.76. The lowest BCUT2D eigenvalue weighted by Gasteiger charge is -2.47. The van der Waals surface area contributed by atoms with E-state index in [4.69, 9.17) is 0 Å². The van der Waals surface area contributed by atoms with Gasteiger partial charge < -0.3 is 15.5 Å². The van der Waals surface area contributed by atoms with E-state index in [0.29, 0.717) is 29.9 Å². The summed E-state index contributed by atoms with van der Waals surface area (Å²) in [4.78, 5) is 10.7. The molecule has 0 aromatic carbocycles. The standard InChI is InChI=1S/C15H24FN5/c1-3-17-15-18-9-13(16)14(20-15)19-10-7-11-5-4-6-12(8-10)21(11)2/h9-12H,3-8H2,1-2H3,(H2,17,18,19,20). The Morgan fingerprint density at radius 3 is 2.71 bits per heavy atom. The second-order valence-corrected chi connectivity index (χ2v) is 6.14. The lowest BCUT2D eigenvalue weighted by Crippen LogP contribution is -2.52. The van der Waals surface area contributed by atoms with E-state index >= 15 is 0 Å². The van der Waals surface area contributed by atoms with Gasteiger partial charge in [-0.05, 0) is 39.7 Å². The van der Waals surface area contributed by atoms with E-state index in [1.807, 2.05) is 6.92 Å².